The summed E-state index contributed by atoms with van der Waals surface area (Å²) in [7, 11) is 1.54. The van der Waals surface area contributed by atoms with Gasteiger partial charge in [-0.3, -0.25) is 9.89 Å². The number of nitrogens with one attached hydrogen (secondary N) is 2. The number of anilines is 1. The summed E-state index contributed by atoms with van der Waals surface area (Å²) >= 11 is 6.07. The molecule has 2 N–H and O–H groups in total. The Morgan fingerprint density at radius 1 is 1.22 bits per heavy atom. The summed E-state index contributed by atoms with van der Waals surface area (Å²) < 4.78 is 5.09. The molecule has 1 aromatic heterocycles. The number of ether oxygens (including phenoxy) is 1. The van der Waals surface area contributed by atoms with Gasteiger partial charge in [-0.1, -0.05) is 41.9 Å². The number of hydrogen-bond donors (Lipinski definition) is 2. The van der Waals surface area contributed by atoms with Crippen LogP contribution in [-0.2, 0) is 0 Å². The van der Waals surface area contributed by atoms with Gasteiger partial charge in [-0.15, -0.1) is 0 Å². The van der Waals surface area contributed by atoms with Gasteiger partial charge in [0.05, 0.1) is 29.6 Å². The van der Waals surface area contributed by atoms with E-state index in [1.54, 1.807) is 18.2 Å². The lowest BCUT2D eigenvalue weighted by atomic mass is 10.1. The Labute approximate surface area is 138 Å². The zero-order chi connectivity index (χ0) is 16.2. The lowest BCUT2D eigenvalue weighted by Gasteiger charge is -2.08. The number of amides is 1. The van der Waals surface area contributed by atoms with E-state index in [0.717, 1.165) is 5.56 Å². The van der Waals surface area contributed by atoms with Gasteiger partial charge in [-0.05, 0) is 18.2 Å². The van der Waals surface area contributed by atoms with Crippen molar-refractivity contribution in [2.45, 2.75) is 0 Å². The number of aromatic nitrogens is 2. The van der Waals surface area contributed by atoms with E-state index in [1.807, 2.05) is 30.3 Å². The molecule has 116 valence electrons. The number of nitrogens with zero attached hydrogens (tertiary/aromatic N) is 1. The number of rotatable bonds is 4. The van der Waals surface area contributed by atoms with Crippen LogP contribution in [0, 0.1) is 0 Å². The number of carbonyl (C=O) groups is 1. The molecule has 0 saturated heterocycles. The van der Waals surface area contributed by atoms with E-state index in [0.29, 0.717) is 27.7 Å². The van der Waals surface area contributed by atoms with Crippen LogP contribution < -0.4 is 10.1 Å². The highest BCUT2D eigenvalue weighted by Crippen LogP contribution is 2.28. The van der Waals surface area contributed by atoms with Gasteiger partial charge in [-0.2, -0.15) is 5.10 Å². The highest BCUT2D eigenvalue weighted by Gasteiger charge is 2.15. The number of hydrogen-bond acceptors (Lipinski definition) is 3. The van der Waals surface area contributed by atoms with Crippen LogP contribution in [0.4, 0.5) is 5.69 Å². The fraction of sp³-hybridized carbons (Fsp3) is 0.0588. The van der Waals surface area contributed by atoms with Crippen LogP contribution in [-0.4, -0.2) is 23.2 Å². The maximum absolute atomic E-state index is 12.5. The highest BCUT2D eigenvalue weighted by atomic mass is 35.5. The van der Waals surface area contributed by atoms with Gasteiger partial charge >= 0.3 is 0 Å². The van der Waals surface area contributed by atoms with Crippen molar-refractivity contribution in [2.75, 3.05) is 12.4 Å². The molecule has 0 aliphatic carbocycles. The predicted octanol–water partition coefficient (Wildman–Crippen LogP) is 3.99. The van der Waals surface area contributed by atoms with Crippen molar-refractivity contribution in [2.24, 2.45) is 0 Å². The number of methoxy groups -OCH3 is 1. The summed E-state index contributed by atoms with van der Waals surface area (Å²) in [5.41, 5.74) is 2.61. The van der Waals surface area contributed by atoms with E-state index in [4.69, 9.17) is 16.3 Å². The Balaban J connectivity index is 1.85. The largest absolute Gasteiger partial charge is 0.495 e. The molecule has 0 atom stereocenters. The molecule has 3 aromatic rings. The Morgan fingerprint density at radius 2 is 2.00 bits per heavy atom. The van der Waals surface area contributed by atoms with Crippen LogP contribution >= 0.6 is 11.6 Å². The molecule has 0 bridgehead atoms. The van der Waals surface area contributed by atoms with Crippen molar-refractivity contribution in [3.05, 3.63) is 65.3 Å². The van der Waals surface area contributed by atoms with E-state index in [9.17, 15) is 4.79 Å². The first-order valence-electron chi connectivity index (χ1n) is 6.92. The quantitative estimate of drug-likeness (QED) is 0.761. The molecule has 23 heavy (non-hydrogen) atoms. The molecular formula is C17H14ClN3O2. The maximum atomic E-state index is 12.5. The minimum atomic E-state index is -0.265. The molecular weight excluding hydrogens is 314 g/mol. The number of halogens is 1. The topological polar surface area (TPSA) is 67.0 Å². The second kappa shape index (κ2) is 6.54. The Kier molecular flexibility index (Phi) is 4.30. The fourth-order valence-electron chi connectivity index (χ4n) is 2.23. The number of H-pyrrole nitrogens is 1. The van der Waals surface area contributed by atoms with Gasteiger partial charge in [0.15, 0.2) is 0 Å². The molecule has 3 rings (SSSR count). The first-order valence-corrected chi connectivity index (χ1v) is 7.30. The normalized spacial score (nSPS) is 10.3. The van der Waals surface area contributed by atoms with Crippen LogP contribution in [0.3, 0.4) is 0 Å². The lowest BCUT2D eigenvalue weighted by molar-refractivity contribution is 0.102. The van der Waals surface area contributed by atoms with Crippen molar-refractivity contribution in [1.82, 2.24) is 10.2 Å². The number of benzene rings is 2. The third-order valence-corrected chi connectivity index (χ3v) is 3.65. The van der Waals surface area contributed by atoms with E-state index in [-0.39, 0.29) is 5.91 Å². The standard InChI is InChI=1S/C17H14ClN3O2/c1-23-15-8-7-12(9-14(15)18)20-17(22)13-10-19-21-16(13)11-5-3-2-4-6-11/h2-10H,1H3,(H,19,21)(H,20,22). The minimum absolute atomic E-state index is 0.265. The van der Waals surface area contributed by atoms with Crippen LogP contribution in [0.25, 0.3) is 11.3 Å². The molecule has 0 aliphatic heterocycles. The molecule has 2 aromatic carbocycles. The molecule has 0 fully saturated rings. The molecule has 0 unspecified atom stereocenters. The lowest BCUT2D eigenvalue weighted by Crippen LogP contribution is -2.12. The van der Waals surface area contributed by atoms with Gasteiger partial charge in [0, 0.05) is 11.3 Å². The third kappa shape index (κ3) is 3.19. The second-order valence-corrected chi connectivity index (χ2v) is 5.24. The van der Waals surface area contributed by atoms with Crippen LogP contribution in [0.5, 0.6) is 5.75 Å². The molecule has 0 spiro atoms. The Morgan fingerprint density at radius 3 is 2.70 bits per heavy atom. The first kappa shape index (κ1) is 15.1. The second-order valence-electron chi connectivity index (χ2n) is 4.83. The summed E-state index contributed by atoms with van der Waals surface area (Å²) in [6.45, 7) is 0. The molecule has 0 aliphatic rings. The molecule has 0 radical (unpaired) electrons. The predicted molar refractivity (Wildman–Crippen MR) is 90.0 cm³/mol. The monoisotopic (exact) mass is 327 g/mol. The summed E-state index contributed by atoms with van der Waals surface area (Å²) in [4.78, 5) is 12.5. The maximum Gasteiger partial charge on any atom is 0.259 e. The van der Waals surface area contributed by atoms with Crippen molar-refractivity contribution in [1.29, 1.82) is 0 Å². The zero-order valence-corrected chi connectivity index (χ0v) is 13.1. The summed E-state index contributed by atoms with van der Waals surface area (Å²) in [5, 5.41) is 10.1. The summed E-state index contributed by atoms with van der Waals surface area (Å²) in [5.74, 6) is 0.289. The minimum Gasteiger partial charge on any atom is -0.495 e. The van der Waals surface area contributed by atoms with E-state index < -0.39 is 0 Å². The average Bonchev–Trinajstić information content (AvgIpc) is 3.05. The molecule has 1 heterocycles. The van der Waals surface area contributed by atoms with Gasteiger partial charge < -0.3 is 10.1 Å². The first-order chi connectivity index (χ1) is 11.2. The molecule has 5 nitrogen and oxygen atoms in total. The summed E-state index contributed by atoms with van der Waals surface area (Å²) in [6, 6.07) is 14.6. The third-order valence-electron chi connectivity index (χ3n) is 3.36. The van der Waals surface area contributed by atoms with Crippen molar-refractivity contribution < 1.29 is 9.53 Å². The van der Waals surface area contributed by atoms with E-state index >= 15 is 0 Å². The Bertz CT molecular complexity index is 831. The van der Waals surface area contributed by atoms with Gasteiger partial charge in [0.2, 0.25) is 0 Å². The smallest absolute Gasteiger partial charge is 0.259 e. The SMILES string of the molecule is COc1ccc(NC(=O)c2cn[nH]c2-c2ccccc2)cc1Cl. The van der Waals surface area contributed by atoms with Gasteiger partial charge in [0.25, 0.3) is 5.91 Å². The van der Waals surface area contributed by atoms with Gasteiger partial charge in [0.1, 0.15) is 5.75 Å². The van der Waals surface area contributed by atoms with Crippen LogP contribution in [0.2, 0.25) is 5.02 Å². The number of carbonyl (C=O) groups excluding carboxylic acids is 1. The van der Waals surface area contributed by atoms with Crippen molar-refractivity contribution in [3.8, 4) is 17.0 Å². The highest BCUT2D eigenvalue weighted by molar-refractivity contribution is 6.32. The molecule has 0 saturated carbocycles. The van der Waals surface area contributed by atoms with Crippen LogP contribution in [0.1, 0.15) is 10.4 Å². The van der Waals surface area contributed by atoms with E-state index in [1.165, 1.54) is 13.3 Å². The molecule has 6 heteroatoms. The van der Waals surface area contributed by atoms with Gasteiger partial charge in [-0.25, -0.2) is 0 Å². The summed E-state index contributed by atoms with van der Waals surface area (Å²) in [6.07, 6.45) is 1.50. The average molecular weight is 328 g/mol. The Hall–Kier alpha value is -2.79. The zero-order valence-electron chi connectivity index (χ0n) is 12.3. The van der Waals surface area contributed by atoms with Crippen molar-refractivity contribution in [3.63, 3.8) is 0 Å². The van der Waals surface area contributed by atoms with E-state index in [2.05, 4.69) is 15.5 Å². The van der Waals surface area contributed by atoms with Crippen molar-refractivity contribution >= 4 is 23.2 Å². The van der Waals surface area contributed by atoms with Crippen LogP contribution in [0.15, 0.2) is 54.7 Å². The fourth-order valence-corrected chi connectivity index (χ4v) is 2.48. The number of aromatic amines is 1. The molecule has 1 amide bonds.